The van der Waals surface area contributed by atoms with E-state index in [4.69, 9.17) is 9.47 Å². The maximum atomic E-state index is 12.1. The van der Waals surface area contributed by atoms with E-state index in [1.165, 1.54) is 0 Å². The first-order valence-electron chi connectivity index (χ1n) is 8.25. The van der Waals surface area contributed by atoms with Crippen molar-refractivity contribution in [2.45, 2.75) is 39.5 Å². The van der Waals surface area contributed by atoms with Crippen molar-refractivity contribution in [3.8, 4) is 5.75 Å². The Morgan fingerprint density at radius 1 is 0.960 bits per heavy atom. The molecule has 25 heavy (non-hydrogen) atoms. The lowest BCUT2D eigenvalue weighted by Crippen LogP contribution is -2.35. The minimum absolute atomic E-state index is 0.0612. The fourth-order valence-electron chi connectivity index (χ4n) is 2.15. The zero-order chi connectivity index (χ0) is 18.2. The van der Waals surface area contributed by atoms with Gasteiger partial charge in [-0.25, -0.2) is 4.79 Å². The molecule has 5 nitrogen and oxygen atoms in total. The van der Waals surface area contributed by atoms with E-state index >= 15 is 0 Å². The van der Waals surface area contributed by atoms with Gasteiger partial charge in [0.2, 0.25) is 0 Å². The Labute approximate surface area is 148 Å². The summed E-state index contributed by atoms with van der Waals surface area (Å²) in [5.41, 5.74) is 1.36. The van der Waals surface area contributed by atoms with Crippen molar-refractivity contribution in [1.29, 1.82) is 0 Å². The molecule has 5 heteroatoms. The van der Waals surface area contributed by atoms with E-state index in [0.29, 0.717) is 17.9 Å². The number of ether oxygens (including phenoxy) is 2. The molecule has 0 fully saturated rings. The Morgan fingerprint density at radius 2 is 1.60 bits per heavy atom. The molecule has 0 radical (unpaired) electrons. The predicted octanol–water partition coefficient (Wildman–Crippen LogP) is 3.34. The summed E-state index contributed by atoms with van der Waals surface area (Å²) in [7, 11) is 0. The lowest BCUT2D eigenvalue weighted by atomic mass is 10.2. The van der Waals surface area contributed by atoms with Crippen LogP contribution in [0.25, 0.3) is 0 Å². The average Bonchev–Trinajstić information content (AvgIpc) is 2.60. The molecule has 0 saturated carbocycles. The van der Waals surface area contributed by atoms with Crippen LogP contribution >= 0.6 is 0 Å². The van der Waals surface area contributed by atoms with Gasteiger partial charge in [0.05, 0.1) is 11.7 Å². The highest BCUT2D eigenvalue weighted by Crippen LogP contribution is 2.15. The van der Waals surface area contributed by atoms with Crippen LogP contribution in [-0.4, -0.2) is 24.1 Å². The smallest absolute Gasteiger partial charge is 0.338 e. The summed E-state index contributed by atoms with van der Waals surface area (Å²) in [4.78, 5) is 24.2. The molecule has 0 heterocycles. The van der Waals surface area contributed by atoms with Gasteiger partial charge in [0.1, 0.15) is 5.75 Å². The van der Waals surface area contributed by atoms with Crippen molar-refractivity contribution in [3.63, 3.8) is 0 Å². The number of carbonyl (C=O) groups is 2. The van der Waals surface area contributed by atoms with Crippen molar-refractivity contribution < 1.29 is 19.1 Å². The van der Waals surface area contributed by atoms with E-state index in [2.05, 4.69) is 5.32 Å². The monoisotopic (exact) mass is 341 g/mol. The van der Waals surface area contributed by atoms with E-state index in [-0.39, 0.29) is 12.0 Å². The van der Waals surface area contributed by atoms with Crippen molar-refractivity contribution in [2.75, 3.05) is 0 Å². The highest BCUT2D eigenvalue weighted by Gasteiger charge is 2.18. The SMILES string of the molecule is CC(C)Oc1ccc(C(=O)O[C@H](C)C(=O)NCc2ccccc2)cc1. The van der Waals surface area contributed by atoms with Gasteiger partial charge < -0.3 is 14.8 Å². The molecule has 0 aliphatic rings. The maximum Gasteiger partial charge on any atom is 0.338 e. The van der Waals surface area contributed by atoms with E-state index in [9.17, 15) is 9.59 Å². The van der Waals surface area contributed by atoms with Gasteiger partial charge in [0.15, 0.2) is 6.10 Å². The van der Waals surface area contributed by atoms with Crippen LogP contribution in [-0.2, 0) is 16.1 Å². The first-order chi connectivity index (χ1) is 12.0. The second-order valence-corrected chi connectivity index (χ2v) is 5.94. The summed E-state index contributed by atoms with van der Waals surface area (Å²) in [6.07, 6.45) is -0.811. The Kier molecular flexibility index (Phi) is 6.57. The van der Waals surface area contributed by atoms with Gasteiger partial charge in [-0.2, -0.15) is 0 Å². The zero-order valence-electron chi connectivity index (χ0n) is 14.7. The molecule has 0 aromatic heterocycles. The molecule has 0 aliphatic carbocycles. The van der Waals surface area contributed by atoms with Crippen LogP contribution in [0.4, 0.5) is 0 Å². The number of amides is 1. The zero-order valence-corrected chi connectivity index (χ0v) is 14.7. The number of carbonyl (C=O) groups excluding carboxylic acids is 2. The standard InChI is InChI=1S/C20H23NO4/c1-14(2)24-18-11-9-17(10-12-18)20(23)25-15(3)19(22)21-13-16-7-5-4-6-8-16/h4-12,14-15H,13H2,1-3H3,(H,21,22)/t15-/m1/s1. The summed E-state index contributed by atoms with van der Waals surface area (Å²) in [6.45, 7) is 5.80. The van der Waals surface area contributed by atoms with Gasteiger partial charge >= 0.3 is 5.97 Å². The molecule has 0 bridgehead atoms. The Hall–Kier alpha value is -2.82. The van der Waals surface area contributed by atoms with Gasteiger partial charge in [-0.1, -0.05) is 30.3 Å². The Balaban J connectivity index is 1.85. The quantitative estimate of drug-likeness (QED) is 0.785. The van der Waals surface area contributed by atoms with Gasteiger partial charge in [-0.3, -0.25) is 4.79 Å². The molecular weight excluding hydrogens is 318 g/mol. The number of hydrogen-bond acceptors (Lipinski definition) is 4. The summed E-state index contributed by atoms with van der Waals surface area (Å²) >= 11 is 0. The largest absolute Gasteiger partial charge is 0.491 e. The van der Waals surface area contributed by atoms with Crippen LogP contribution in [0, 0.1) is 0 Å². The molecule has 0 unspecified atom stereocenters. The second-order valence-electron chi connectivity index (χ2n) is 5.94. The van der Waals surface area contributed by atoms with Crippen LogP contribution in [0.5, 0.6) is 5.75 Å². The predicted molar refractivity (Wildman–Crippen MR) is 95.4 cm³/mol. The topological polar surface area (TPSA) is 64.6 Å². The van der Waals surface area contributed by atoms with E-state index in [1.54, 1.807) is 31.2 Å². The fourth-order valence-corrected chi connectivity index (χ4v) is 2.15. The summed E-state index contributed by atoms with van der Waals surface area (Å²) in [6, 6.07) is 16.2. The first-order valence-corrected chi connectivity index (χ1v) is 8.25. The van der Waals surface area contributed by atoms with Crippen LogP contribution in [0.3, 0.4) is 0 Å². The number of benzene rings is 2. The van der Waals surface area contributed by atoms with Crippen molar-refractivity contribution in [3.05, 3.63) is 65.7 Å². The lowest BCUT2D eigenvalue weighted by Gasteiger charge is -2.14. The third kappa shape index (κ3) is 5.95. The summed E-state index contributed by atoms with van der Waals surface area (Å²) < 4.78 is 10.7. The Morgan fingerprint density at radius 3 is 2.20 bits per heavy atom. The van der Waals surface area contributed by atoms with Gasteiger partial charge in [-0.15, -0.1) is 0 Å². The van der Waals surface area contributed by atoms with Crippen molar-refractivity contribution in [2.24, 2.45) is 0 Å². The molecule has 0 aliphatic heterocycles. The molecule has 0 saturated heterocycles. The molecule has 2 aromatic carbocycles. The molecule has 2 aromatic rings. The minimum Gasteiger partial charge on any atom is -0.491 e. The van der Waals surface area contributed by atoms with E-state index in [0.717, 1.165) is 5.56 Å². The van der Waals surface area contributed by atoms with Crippen molar-refractivity contribution in [1.82, 2.24) is 5.32 Å². The molecule has 1 atom stereocenters. The minimum atomic E-state index is -0.872. The van der Waals surface area contributed by atoms with Crippen LogP contribution in [0.15, 0.2) is 54.6 Å². The maximum absolute atomic E-state index is 12.1. The Bertz CT molecular complexity index is 695. The molecular formula is C20H23NO4. The van der Waals surface area contributed by atoms with Gasteiger partial charge in [-0.05, 0) is 50.6 Å². The highest BCUT2D eigenvalue weighted by molar-refractivity contribution is 5.92. The first kappa shape index (κ1) is 18.5. The third-order valence-electron chi connectivity index (χ3n) is 3.42. The summed E-state index contributed by atoms with van der Waals surface area (Å²) in [5, 5.41) is 2.75. The van der Waals surface area contributed by atoms with Crippen LogP contribution in [0.2, 0.25) is 0 Å². The van der Waals surface area contributed by atoms with Crippen molar-refractivity contribution >= 4 is 11.9 Å². The second kappa shape index (κ2) is 8.87. The lowest BCUT2D eigenvalue weighted by molar-refractivity contribution is -0.129. The number of hydrogen-bond donors (Lipinski definition) is 1. The van der Waals surface area contributed by atoms with Gasteiger partial charge in [0.25, 0.3) is 5.91 Å². The fraction of sp³-hybridized carbons (Fsp3) is 0.300. The number of nitrogens with one attached hydrogen (secondary N) is 1. The molecule has 1 amide bonds. The van der Waals surface area contributed by atoms with Crippen LogP contribution in [0.1, 0.15) is 36.7 Å². The van der Waals surface area contributed by atoms with Gasteiger partial charge in [0, 0.05) is 6.54 Å². The normalized spacial score (nSPS) is 11.7. The molecule has 132 valence electrons. The van der Waals surface area contributed by atoms with E-state index in [1.807, 2.05) is 44.2 Å². The van der Waals surface area contributed by atoms with Crippen LogP contribution < -0.4 is 10.1 Å². The average molecular weight is 341 g/mol. The number of esters is 1. The molecule has 2 rings (SSSR count). The number of rotatable bonds is 7. The molecule has 0 spiro atoms. The highest BCUT2D eigenvalue weighted by atomic mass is 16.5. The molecule has 1 N–H and O–H groups in total. The van der Waals surface area contributed by atoms with E-state index < -0.39 is 12.1 Å². The summed E-state index contributed by atoms with van der Waals surface area (Å²) in [5.74, 6) is -0.198. The third-order valence-corrected chi connectivity index (χ3v) is 3.42.